The Labute approximate surface area is 120 Å². The van der Waals surface area contributed by atoms with E-state index in [2.05, 4.69) is 31.3 Å². The number of carbonyl (C=O) groups excluding carboxylic acids is 1. The van der Waals surface area contributed by atoms with Crippen molar-refractivity contribution >= 4 is 5.91 Å². The van der Waals surface area contributed by atoms with Gasteiger partial charge in [-0.15, -0.1) is 0 Å². The summed E-state index contributed by atoms with van der Waals surface area (Å²) in [4.78, 5) is 12.0. The molecular weight excluding hydrogens is 250 g/mol. The summed E-state index contributed by atoms with van der Waals surface area (Å²) in [6.07, 6.45) is 3.23. The van der Waals surface area contributed by atoms with Crippen LogP contribution in [-0.4, -0.2) is 18.1 Å². The van der Waals surface area contributed by atoms with Crippen LogP contribution in [-0.2, 0) is 16.1 Å². The van der Waals surface area contributed by atoms with E-state index >= 15 is 0 Å². The molecule has 108 valence electrons. The van der Waals surface area contributed by atoms with E-state index in [0.29, 0.717) is 18.8 Å². The first-order valence-electron chi connectivity index (χ1n) is 7.50. The van der Waals surface area contributed by atoms with Crippen LogP contribution in [0.1, 0.15) is 38.7 Å². The molecule has 1 amide bonds. The number of amides is 1. The molecule has 1 atom stereocenters. The van der Waals surface area contributed by atoms with Crippen molar-refractivity contribution in [2.75, 3.05) is 0 Å². The van der Waals surface area contributed by atoms with Gasteiger partial charge in [-0.05, 0) is 30.2 Å². The Hall–Kier alpha value is -1.35. The molecule has 0 bridgehead atoms. The zero-order chi connectivity index (χ0) is 14.2. The van der Waals surface area contributed by atoms with Gasteiger partial charge in [0.05, 0.1) is 12.7 Å². The van der Waals surface area contributed by atoms with Gasteiger partial charge in [0, 0.05) is 12.0 Å². The SMILES string of the molecule is CC1(C)C[C@@H]1C(=O)NC1CC(OCc2ccccc2)C1. The van der Waals surface area contributed by atoms with E-state index < -0.39 is 0 Å². The molecule has 1 aromatic rings. The smallest absolute Gasteiger partial charge is 0.223 e. The molecule has 2 fully saturated rings. The minimum atomic E-state index is 0.219. The first-order chi connectivity index (χ1) is 9.54. The van der Waals surface area contributed by atoms with Crippen LogP contribution >= 0.6 is 0 Å². The fourth-order valence-corrected chi connectivity index (χ4v) is 2.82. The highest BCUT2D eigenvalue weighted by atomic mass is 16.5. The second-order valence-electron chi connectivity index (χ2n) is 6.84. The zero-order valence-corrected chi connectivity index (χ0v) is 12.3. The topological polar surface area (TPSA) is 38.3 Å². The van der Waals surface area contributed by atoms with Crippen LogP contribution < -0.4 is 5.32 Å². The molecule has 0 spiro atoms. The maximum absolute atomic E-state index is 12.0. The predicted octanol–water partition coefficient (Wildman–Crippen LogP) is 2.90. The standard InChI is InChI=1S/C17H23NO2/c1-17(2)10-15(17)16(19)18-13-8-14(9-13)20-11-12-6-4-3-5-7-12/h3-7,13-15H,8-11H2,1-2H3,(H,18,19)/t13?,14?,15-/m1/s1. The van der Waals surface area contributed by atoms with E-state index in [1.165, 1.54) is 5.56 Å². The molecule has 1 N–H and O–H groups in total. The first-order valence-corrected chi connectivity index (χ1v) is 7.50. The molecule has 0 saturated heterocycles. The van der Waals surface area contributed by atoms with Crippen LogP contribution in [0.2, 0.25) is 0 Å². The highest BCUT2D eigenvalue weighted by Gasteiger charge is 2.51. The van der Waals surface area contributed by atoms with Crippen molar-refractivity contribution in [3.63, 3.8) is 0 Å². The number of hydrogen-bond donors (Lipinski definition) is 1. The summed E-state index contributed by atoms with van der Waals surface area (Å²) in [6.45, 7) is 4.98. The summed E-state index contributed by atoms with van der Waals surface area (Å²) in [5.74, 6) is 0.466. The minimum absolute atomic E-state index is 0.219. The van der Waals surface area contributed by atoms with Gasteiger partial charge in [-0.1, -0.05) is 44.2 Å². The summed E-state index contributed by atoms with van der Waals surface area (Å²) in [5, 5.41) is 3.14. The number of ether oxygens (including phenoxy) is 1. The molecule has 0 radical (unpaired) electrons. The third-order valence-corrected chi connectivity index (χ3v) is 4.60. The largest absolute Gasteiger partial charge is 0.373 e. The molecule has 3 rings (SSSR count). The van der Waals surface area contributed by atoms with Gasteiger partial charge in [-0.25, -0.2) is 0 Å². The highest BCUT2D eigenvalue weighted by molar-refractivity contribution is 5.82. The van der Waals surface area contributed by atoms with Gasteiger partial charge in [0.2, 0.25) is 5.91 Å². The Morgan fingerprint density at radius 3 is 2.55 bits per heavy atom. The van der Waals surface area contributed by atoms with Gasteiger partial charge in [0.1, 0.15) is 0 Å². The van der Waals surface area contributed by atoms with Crippen molar-refractivity contribution in [1.29, 1.82) is 0 Å². The van der Waals surface area contributed by atoms with Crippen LogP contribution in [0.3, 0.4) is 0 Å². The predicted molar refractivity (Wildman–Crippen MR) is 78.1 cm³/mol. The summed E-state index contributed by atoms with van der Waals surface area (Å²) >= 11 is 0. The normalized spacial score (nSPS) is 30.4. The van der Waals surface area contributed by atoms with E-state index in [0.717, 1.165) is 19.3 Å². The number of rotatable bonds is 5. The first kappa shape index (κ1) is 13.6. The van der Waals surface area contributed by atoms with Crippen LogP contribution in [0.4, 0.5) is 0 Å². The Bertz CT molecular complexity index is 477. The zero-order valence-electron chi connectivity index (χ0n) is 12.3. The lowest BCUT2D eigenvalue weighted by Gasteiger charge is -2.35. The maximum Gasteiger partial charge on any atom is 0.223 e. The molecular formula is C17H23NO2. The van der Waals surface area contributed by atoms with Gasteiger partial charge < -0.3 is 10.1 Å². The van der Waals surface area contributed by atoms with Gasteiger partial charge >= 0.3 is 0 Å². The number of benzene rings is 1. The Balaban J connectivity index is 1.34. The van der Waals surface area contributed by atoms with Crippen molar-refractivity contribution in [2.24, 2.45) is 11.3 Å². The lowest BCUT2D eigenvalue weighted by molar-refractivity contribution is -0.125. The van der Waals surface area contributed by atoms with Crippen molar-refractivity contribution < 1.29 is 9.53 Å². The molecule has 0 aliphatic heterocycles. The molecule has 3 heteroatoms. The third-order valence-electron chi connectivity index (χ3n) is 4.60. The third kappa shape index (κ3) is 3.04. The van der Waals surface area contributed by atoms with Crippen LogP contribution in [0.15, 0.2) is 30.3 Å². The fourth-order valence-electron chi connectivity index (χ4n) is 2.82. The van der Waals surface area contributed by atoms with Crippen LogP contribution in [0, 0.1) is 11.3 Å². The van der Waals surface area contributed by atoms with E-state index in [4.69, 9.17) is 4.74 Å². The fraction of sp³-hybridized carbons (Fsp3) is 0.588. The van der Waals surface area contributed by atoms with Crippen LogP contribution in [0.25, 0.3) is 0 Å². The monoisotopic (exact) mass is 273 g/mol. The maximum atomic E-state index is 12.0. The van der Waals surface area contributed by atoms with Crippen molar-refractivity contribution in [3.8, 4) is 0 Å². The number of hydrogen-bond acceptors (Lipinski definition) is 2. The Morgan fingerprint density at radius 1 is 1.30 bits per heavy atom. The average Bonchev–Trinajstić information content (AvgIpc) is 3.02. The number of nitrogens with one attached hydrogen (secondary N) is 1. The van der Waals surface area contributed by atoms with E-state index in [-0.39, 0.29) is 17.2 Å². The summed E-state index contributed by atoms with van der Waals surface area (Å²) in [6, 6.07) is 10.5. The molecule has 2 aliphatic rings. The van der Waals surface area contributed by atoms with Gasteiger partial charge in [0.15, 0.2) is 0 Å². The van der Waals surface area contributed by atoms with Crippen molar-refractivity contribution in [3.05, 3.63) is 35.9 Å². The second-order valence-corrected chi connectivity index (χ2v) is 6.84. The van der Waals surface area contributed by atoms with Gasteiger partial charge in [-0.2, -0.15) is 0 Å². The molecule has 0 unspecified atom stereocenters. The molecule has 20 heavy (non-hydrogen) atoms. The molecule has 2 saturated carbocycles. The lowest BCUT2D eigenvalue weighted by Crippen LogP contribution is -2.48. The van der Waals surface area contributed by atoms with Crippen LogP contribution in [0.5, 0.6) is 0 Å². The molecule has 0 heterocycles. The Kier molecular flexibility index (Phi) is 3.55. The summed E-state index contributed by atoms with van der Waals surface area (Å²) < 4.78 is 5.84. The van der Waals surface area contributed by atoms with E-state index in [1.54, 1.807) is 0 Å². The Morgan fingerprint density at radius 2 is 1.95 bits per heavy atom. The molecule has 2 aliphatic carbocycles. The van der Waals surface area contributed by atoms with Gasteiger partial charge in [0.25, 0.3) is 0 Å². The minimum Gasteiger partial charge on any atom is -0.373 e. The van der Waals surface area contributed by atoms with Gasteiger partial charge in [-0.3, -0.25) is 4.79 Å². The lowest BCUT2D eigenvalue weighted by atomic mass is 9.89. The second kappa shape index (κ2) is 5.21. The molecule has 3 nitrogen and oxygen atoms in total. The van der Waals surface area contributed by atoms with Crippen molar-refractivity contribution in [2.45, 2.75) is 51.9 Å². The van der Waals surface area contributed by atoms with E-state index in [9.17, 15) is 4.79 Å². The van der Waals surface area contributed by atoms with E-state index in [1.807, 2.05) is 18.2 Å². The summed E-state index contributed by atoms with van der Waals surface area (Å²) in [5.41, 5.74) is 1.43. The highest BCUT2D eigenvalue weighted by Crippen LogP contribution is 2.51. The average molecular weight is 273 g/mol. The van der Waals surface area contributed by atoms with Crippen molar-refractivity contribution in [1.82, 2.24) is 5.32 Å². The quantitative estimate of drug-likeness (QED) is 0.896. The molecule has 0 aromatic heterocycles. The molecule has 1 aromatic carbocycles. The number of carbonyl (C=O) groups is 1. The summed E-state index contributed by atoms with van der Waals surface area (Å²) in [7, 11) is 0.